The molecule has 1 N–H and O–H groups in total. The van der Waals surface area contributed by atoms with Crippen LogP contribution in [0, 0.1) is 6.92 Å². The van der Waals surface area contributed by atoms with Crippen LogP contribution in [0.1, 0.15) is 45.0 Å². The van der Waals surface area contributed by atoms with Gasteiger partial charge >= 0.3 is 11.9 Å². The number of aryl methyl sites for hydroxylation is 1. The van der Waals surface area contributed by atoms with Gasteiger partial charge in [0.15, 0.2) is 6.61 Å². The first-order valence-electron chi connectivity index (χ1n) is 8.14. The summed E-state index contributed by atoms with van der Waals surface area (Å²) in [6, 6.07) is 3.14. The van der Waals surface area contributed by atoms with Crippen LogP contribution >= 0.6 is 11.3 Å². The smallest absolute Gasteiger partial charge is 0.341 e. The lowest BCUT2D eigenvalue weighted by atomic mass is 10.1. The van der Waals surface area contributed by atoms with Gasteiger partial charge in [-0.1, -0.05) is 6.92 Å². The molecule has 2 aromatic rings. The lowest BCUT2D eigenvalue weighted by Crippen LogP contribution is -2.21. The van der Waals surface area contributed by atoms with Crippen LogP contribution in [0.5, 0.6) is 0 Å². The zero-order valence-electron chi connectivity index (χ0n) is 14.8. The maximum absolute atomic E-state index is 12.2. The number of carbonyl (C=O) groups is 3. The van der Waals surface area contributed by atoms with Crippen LogP contribution in [0.3, 0.4) is 0 Å². The van der Waals surface area contributed by atoms with E-state index in [4.69, 9.17) is 9.47 Å². The van der Waals surface area contributed by atoms with Crippen molar-refractivity contribution in [3.63, 3.8) is 0 Å². The number of ether oxygens (including phenoxy) is 2. The molecule has 2 heterocycles. The van der Waals surface area contributed by atoms with Gasteiger partial charge in [0.05, 0.1) is 17.7 Å². The molecule has 1 amide bonds. The van der Waals surface area contributed by atoms with Crippen molar-refractivity contribution >= 4 is 34.2 Å². The van der Waals surface area contributed by atoms with Gasteiger partial charge in [0.1, 0.15) is 5.00 Å². The van der Waals surface area contributed by atoms with Gasteiger partial charge in [-0.05, 0) is 38.0 Å². The van der Waals surface area contributed by atoms with Crippen LogP contribution in [0.15, 0.2) is 24.5 Å². The maximum atomic E-state index is 12.2. The average Bonchev–Trinajstić information content (AvgIpc) is 2.95. The van der Waals surface area contributed by atoms with Gasteiger partial charge in [-0.15, -0.1) is 11.3 Å². The first kappa shape index (κ1) is 19.6. The summed E-state index contributed by atoms with van der Waals surface area (Å²) in [4.78, 5) is 41.0. The first-order chi connectivity index (χ1) is 12.5. The van der Waals surface area contributed by atoms with E-state index in [0.29, 0.717) is 10.6 Å². The predicted molar refractivity (Wildman–Crippen MR) is 97.5 cm³/mol. The monoisotopic (exact) mass is 376 g/mol. The van der Waals surface area contributed by atoms with Crippen molar-refractivity contribution in [2.24, 2.45) is 0 Å². The van der Waals surface area contributed by atoms with Crippen LogP contribution in [-0.2, 0) is 20.7 Å². The molecule has 0 saturated carbocycles. The highest BCUT2D eigenvalue weighted by Gasteiger charge is 2.23. The third-order valence-corrected chi connectivity index (χ3v) is 4.88. The molecule has 8 heteroatoms. The van der Waals surface area contributed by atoms with Gasteiger partial charge in [-0.3, -0.25) is 9.78 Å². The molecule has 0 aromatic carbocycles. The van der Waals surface area contributed by atoms with Gasteiger partial charge in [0.2, 0.25) is 0 Å². The van der Waals surface area contributed by atoms with Gasteiger partial charge in [-0.2, -0.15) is 0 Å². The number of anilines is 1. The van der Waals surface area contributed by atoms with E-state index in [1.54, 1.807) is 19.1 Å². The number of amides is 1. The number of nitrogens with zero attached hydrogens (tertiary/aromatic N) is 1. The van der Waals surface area contributed by atoms with Crippen molar-refractivity contribution in [3.8, 4) is 0 Å². The number of esters is 2. The number of thiophene rings is 1. The highest BCUT2D eigenvalue weighted by Crippen LogP contribution is 2.34. The van der Waals surface area contributed by atoms with Crippen LogP contribution in [0.4, 0.5) is 5.00 Å². The summed E-state index contributed by atoms with van der Waals surface area (Å²) in [5.41, 5.74) is 1.40. The summed E-state index contributed by atoms with van der Waals surface area (Å²) in [6.45, 7) is 5.28. The summed E-state index contributed by atoms with van der Waals surface area (Å²) in [5.74, 6) is -1.66. The topological polar surface area (TPSA) is 94.6 Å². The molecular weight excluding hydrogens is 356 g/mol. The Kier molecular flexibility index (Phi) is 6.85. The van der Waals surface area contributed by atoms with E-state index in [9.17, 15) is 14.4 Å². The predicted octanol–water partition coefficient (Wildman–Crippen LogP) is 2.99. The fourth-order valence-corrected chi connectivity index (χ4v) is 3.44. The Morgan fingerprint density at radius 3 is 2.58 bits per heavy atom. The summed E-state index contributed by atoms with van der Waals surface area (Å²) >= 11 is 1.32. The number of hydrogen-bond donors (Lipinski definition) is 1. The molecule has 0 aliphatic carbocycles. The van der Waals surface area contributed by atoms with Crippen molar-refractivity contribution in [1.82, 2.24) is 4.98 Å². The van der Waals surface area contributed by atoms with Crippen molar-refractivity contribution in [3.05, 3.63) is 46.1 Å². The minimum atomic E-state index is -0.643. The summed E-state index contributed by atoms with van der Waals surface area (Å²) in [6.07, 6.45) is 3.62. The highest BCUT2D eigenvalue weighted by molar-refractivity contribution is 7.17. The molecule has 26 heavy (non-hydrogen) atoms. The molecule has 7 nitrogen and oxygen atoms in total. The summed E-state index contributed by atoms with van der Waals surface area (Å²) in [5, 5.41) is 3.04. The van der Waals surface area contributed by atoms with Crippen LogP contribution in [0.25, 0.3) is 0 Å². The fourth-order valence-electron chi connectivity index (χ4n) is 2.30. The molecule has 0 aliphatic heterocycles. The second-order valence-electron chi connectivity index (χ2n) is 5.29. The molecule has 0 spiro atoms. The normalized spacial score (nSPS) is 10.3. The van der Waals surface area contributed by atoms with Gasteiger partial charge < -0.3 is 14.8 Å². The number of nitrogens with one attached hydrogen (secondary N) is 1. The molecule has 0 atom stereocenters. The van der Waals surface area contributed by atoms with Crippen molar-refractivity contribution < 1.29 is 23.9 Å². The lowest BCUT2D eigenvalue weighted by molar-refractivity contribution is -0.119. The van der Waals surface area contributed by atoms with Gasteiger partial charge in [0, 0.05) is 17.3 Å². The second kappa shape index (κ2) is 9.10. The van der Waals surface area contributed by atoms with E-state index < -0.39 is 24.5 Å². The molecular formula is C18H20N2O5S. The zero-order valence-corrected chi connectivity index (χ0v) is 15.6. The standard InChI is InChI=1S/C18H20N2O5S/c1-4-13-11(3)15(18(23)24-5-2)16(26-13)20-14(21)10-25-17(22)12-7-6-8-19-9-12/h6-9H,4-5,10H2,1-3H3,(H,20,21). The van der Waals surface area contributed by atoms with Crippen molar-refractivity contribution in [2.45, 2.75) is 27.2 Å². The van der Waals surface area contributed by atoms with Crippen molar-refractivity contribution in [2.75, 3.05) is 18.5 Å². The Morgan fingerprint density at radius 2 is 1.96 bits per heavy atom. The van der Waals surface area contributed by atoms with Gasteiger partial charge in [0.25, 0.3) is 5.91 Å². The minimum Gasteiger partial charge on any atom is -0.462 e. The molecule has 0 unspecified atom stereocenters. The quantitative estimate of drug-likeness (QED) is 0.747. The van der Waals surface area contributed by atoms with Crippen LogP contribution < -0.4 is 5.32 Å². The highest BCUT2D eigenvalue weighted by atomic mass is 32.1. The summed E-state index contributed by atoms with van der Waals surface area (Å²) < 4.78 is 10.0. The molecule has 2 aromatic heterocycles. The number of rotatable bonds is 7. The van der Waals surface area contributed by atoms with E-state index in [1.807, 2.05) is 13.8 Å². The third-order valence-electron chi connectivity index (χ3n) is 3.53. The Bertz CT molecular complexity index is 801. The Morgan fingerprint density at radius 1 is 1.19 bits per heavy atom. The van der Waals surface area contributed by atoms with Crippen LogP contribution in [0.2, 0.25) is 0 Å². The molecule has 0 fully saturated rings. The Labute approximate surface area is 155 Å². The summed E-state index contributed by atoms with van der Waals surface area (Å²) in [7, 11) is 0. The largest absolute Gasteiger partial charge is 0.462 e. The SMILES string of the molecule is CCOC(=O)c1c(NC(=O)COC(=O)c2cccnc2)sc(CC)c1C. The minimum absolute atomic E-state index is 0.242. The number of hydrogen-bond acceptors (Lipinski definition) is 7. The van der Waals surface area contributed by atoms with E-state index in [0.717, 1.165) is 16.9 Å². The molecule has 2 rings (SSSR count). The zero-order chi connectivity index (χ0) is 19.1. The molecule has 138 valence electrons. The van der Waals surface area contributed by atoms with Crippen molar-refractivity contribution in [1.29, 1.82) is 0 Å². The number of aromatic nitrogens is 1. The van der Waals surface area contributed by atoms with E-state index >= 15 is 0 Å². The molecule has 0 radical (unpaired) electrons. The maximum Gasteiger partial charge on any atom is 0.341 e. The van der Waals surface area contributed by atoms with Crippen LogP contribution in [-0.4, -0.2) is 36.0 Å². The first-order valence-corrected chi connectivity index (χ1v) is 8.95. The molecule has 0 aliphatic rings. The van der Waals surface area contributed by atoms with E-state index in [2.05, 4.69) is 10.3 Å². The second-order valence-corrected chi connectivity index (χ2v) is 6.40. The Balaban J connectivity index is 2.06. The third kappa shape index (κ3) is 4.66. The lowest BCUT2D eigenvalue weighted by Gasteiger charge is -2.08. The van der Waals surface area contributed by atoms with Gasteiger partial charge in [-0.25, -0.2) is 9.59 Å². The van der Waals surface area contributed by atoms with E-state index in [1.165, 1.54) is 23.7 Å². The van der Waals surface area contributed by atoms with E-state index in [-0.39, 0.29) is 12.2 Å². The fraction of sp³-hybridized carbons (Fsp3) is 0.333. The molecule has 0 bridgehead atoms. The number of carbonyl (C=O) groups excluding carboxylic acids is 3. The number of pyridine rings is 1. The average molecular weight is 376 g/mol. The molecule has 0 saturated heterocycles. The Hall–Kier alpha value is -2.74.